The minimum absolute atomic E-state index is 0.114. The van der Waals surface area contributed by atoms with Crippen molar-refractivity contribution in [3.05, 3.63) is 48.3 Å². The molecule has 0 spiro atoms. The number of hydrogen-bond acceptors (Lipinski definition) is 3. The largest absolute Gasteiger partial charge is 0.338 e. The third-order valence-electron chi connectivity index (χ3n) is 6.24. The van der Waals surface area contributed by atoms with Crippen molar-refractivity contribution in [2.75, 3.05) is 19.6 Å². The molecule has 0 unspecified atom stereocenters. The van der Waals surface area contributed by atoms with Crippen LogP contribution in [0.5, 0.6) is 0 Å². The minimum atomic E-state index is 0.114. The number of nitrogens with zero attached hydrogens (tertiary/aromatic N) is 4. The van der Waals surface area contributed by atoms with Gasteiger partial charge in [0.25, 0.3) is 0 Å². The zero-order chi connectivity index (χ0) is 19.2. The summed E-state index contributed by atoms with van der Waals surface area (Å²) in [6, 6.07) is 4.18. The van der Waals surface area contributed by atoms with Gasteiger partial charge in [-0.15, -0.1) is 0 Å². The molecule has 2 fully saturated rings. The van der Waals surface area contributed by atoms with Gasteiger partial charge in [0, 0.05) is 50.3 Å². The van der Waals surface area contributed by atoms with Crippen molar-refractivity contribution < 1.29 is 4.79 Å². The fourth-order valence-electron chi connectivity index (χ4n) is 4.58. The fraction of sp³-hybridized carbons (Fsp3) is 0.591. The van der Waals surface area contributed by atoms with Crippen LogP contribution in [0.1, 0.15) is 62.3 Å². The van der Waals surface area contributed by atoms with Gasteiger partial charge in [0.15, 0.2) is 0 Å². The highest BCUT2D eigenvalue weighted by molar-refractivity contribution is 5.74. The molecule has 1 N–H and O–H groups in total. The summed E-state index contributed by atoms with van der Waals surface area (Å²) in [5.41, 5.74) is 1.18. The van der Waals surface area contributed by atoms with Gasteiger partial charge in [-0.2, -0.15) is 0 Å². The monoisotopic (exact) mass is 381 g/mol. The number of carbonyl (C=O) groups is 1. The Morgan fingerprint density at radius 3 is 2.68 bits per heavy atom. The standard InChI is InChI=1S/C22H31N5O/c28-22(25-16-18-5-2-1-3-6-18)26-12-8-20(9-13-26)21-24-11-14-27(21)17-19-7-4-10-23-15-19/h4,7,10-11,14-15,18,20H,1-3,5-6,8-9,12-13,16-17H2,(H,25,28). The number of aromatic nitrogens is 3. The van der Waals surface area contributed by atoms with Crippen molar-refractivity contribution in [2.24, 2.45) is 5.92 Å². The maximum Gasteiger partial charge on any atom is 0.317 e. The number of carbonyl (C=O) groups excluding carboxylic acids is 1. The molecule has 0 bridgehead atoms. The molecule has 6 nitrogen and oxygen atoms in total. The van der Waals surface area contributed by atoms with Crippen LogP contribution in [0.4, 0.5) is 4.79 Å². The van der Waals surface area contributed by atoms with E-state index in [0.29, 0.717) is 11.8 Å². The molecule has 2 aliphatic rings. The molecule has 0 aromatic carbocycles. The Bertz CT molecular complexity index is 745. The molecule has 1 aliphatic carbocycles. The van der Waals surface area contributed by atoms with E-state index in [-0.39, 0.29) is 6.03 Å². The van der Waals surface area contributed by atoms with Crippen LogP contribution in [0, 0.1) is 5.92 Å². The van der Waals surface area contributed by atoms with E-state index in [0.717, 1.165) is 44.8 Å². The van der Waals surface area contributed by atoms with Crippen LogP contribution in [0.2, 0.25) is 0 Å². The van der Waals surface area contributed by atoms with E-state index in [4.69, 9.17) is 0 Å². The summed E-state index contributed by atoms with van der Waals surface area (Å²) in [4.78, 5) is 23.3. The third-order valence-corrected chi connectivity index (χ3v) is 6.24. The number of rotatable bonds is 5. The van der Waals surface area contributed by atoms with Gasteiger partial charge in [0.1, 0.15) is 5.82 Å². The van der Waals surface area contributed by atoms with Crippen LogP contribution >= 0.6 is 0 Å². The maximum atomic E-state index is 12.5. The molecule has 6 heteroatoms. The smallest absolute Gasteiger partial charge is 0.317 e. The van der Waals surface area contributed by atoms with Gasteiger partial charge in [0.05, 0.1) is 6.54 Å². The minimum Gasteiger partial charge on any atom is -0.338 e. The Morgan fingerprint density at radius 1 is 1.11 bits per heavy atom. The third kappa shape index (κ3) is 4.72. The Morgan fingerprint density at radius 2 is 1.93 bits per heavy atom. The highest BCUT2D eigenvalue weighted by atomic mass is 16.2. The van der Waals surface area contributed by atoms with Gasteiger partial charge in [-0.3, -0.25) is 4.98 Å². The molecule has 28 heavy (non-hydrogen) atoms. The average molecular weight is 382 g/mol. The number of likely N-dealkylation sites (tertiary alicyclic amines) is 1. The molecule has 1 saturated carbocycles. The summed E-state index contributed by atoms with van der Waals surface area (Å²) in [6.45, 7) is 3.25. The van der Waals surface area contributed by atoms with E-state index in [1.54, 1.807) is 6.20 Å². The summed E-state index contributed by atoms with van der Waals surface area (Å²) >= 11 is 0. The second kappa shape index (κ2) is 9.22. The SMILES string of the molecule is O=C(NCC1CCCCC1)N1CCC(c2nccn2Cc2cccnc2)CC1. The molecule has 2 aromatic rings. The van der Waals surface area contributed by atoms with Crippen LogP contribution in [0.25, 0.3) is 0 Å². The van der Waals surface area contributed by atoms with E-state index in [1.807, 2.05) is 29.6 Å². The van der Waals surface area contributed by atoms with Crippen molar-refractivity contribution in [3.63, 3.8) is 0 Å². The van der Waals surface area contributed by atoms with Crippen molar-refractivity contribution in [1.29, 1.82) is 0 Å². The van der Waals surface area contributed by atoms with Crippen LogP contribution in [0.15, 0.2) is 36.9 Å². The first-order chi connectivity index (χ1) is 13.8. The number of nitrogens with one attached hydrogen (secondary N) is 1. The molecule has 3 heterocycles. The zero-order valence-electron chi connectivity index (χ0n) is 16.6. The Hall–Kier alpha value is -2.37. The summed E-state index contributed by atoms with van der Waals surface area (Å²) < 4.78 is 2.22. The number of urea groups is 1. The molecular weight excluding hydrogens is 350 g/mol. The van der Waals surface area contributed by atoms with Crippen LogP contribution < -0.4 is 5.32 Å². The predicted octanol–water partition coefficient (Wildman–Crippen LogP) is 3.80. The lowest BCUT2D eigenvalue weighted by Gasteiger charge is -2.32. The predicted molar refractivity (Wildman–Crippen MR) is 109 cm³/mol. The molecule has 1 aliphatic heterocycles. The Kier molecular flexibility index (Phi) is 6.24. The van der Waals surface area contributed by atoms with Crippen LogP contribution in [-0.4, -0.2) is 45.1 Å². The van der Waals surface area contributed by atoms with Gasteiger partial charge in [-0.25, -0.2) is 9.78 Å². The van der Waals surface area contributed by atoms with Crippen molar-refractivity contribution in [3.8, 4) is 0 Å². The van der Waals surface area contributed by atoms with Gasteiger partial charge in [-0.1, -0.05) is 25.3 Å². The molecular formula is C22H31N5O. The summed E-state index contributed by atoms with van der Waals surface area (Å²) in [7, 11) is 0. The lowest BCUT2D eigenvalue weighted by molar-refractivity contribution is 0.177. The van der Waals surface area contributed by atoms with E-state index in [1.165, 1.54) is 37.7 Å². The van der Waals surface area contributed by atoms with Gasteiger partial charge in [0.2, 0.25) is 0 Å². The van der Waals surface area contributed by atoms with Gasteiger partial charge in [-0.05, 0) is 43.2 Å². The van der Waals surface area contributed by atoms with Crippen molar-refractivity contribution in [2.45, 2.75) is 57.4 Å². The number of piperidine rings is 1. The van der Waals surface area contributed by atoms with E-state index < -0.39 is 0 Å². The molecule has 1 saturated heterocycles. The normalized spacial score (nSPS) is 18.9. The van der Waals surface area contributed by atoms with Gasteiger partial charge >= 0.3 is 6.03 Å². The zero-order valence-corrected chi connectivity index (χ0v) is 16.6. The number of amides is 2. The van der Waals surface area contributed by atoms with E-state index >= 15 is 0 Å². The molecule has 2 amide bonds. The van der Waals surface area contributed by atoms with Crippen LogP contribution in [0.3, 0.4) is 0 Å². The lowest BCUT2D eigenvalue weighted by atomic mass is 9.89. The molecule has 4 rings (SSSR count). The lowest BCUT2D eigenvalue weighted by Crippen LogP contribution is -2.45. The highest BCUT2D eigenvalue weighted by Crippen LogP contribution is 2.27. The second-order valence-electron chi connectivity index (χ2n) is 8.23. The maximum absolute atomic E-state index is 12.5. The number of imidazole rings is 1. The van der Waals surface area contributed by atoms with Gasteiger partial charge < -0.3 is 14.8 Å². The number of hydrogen-bond donors (Lipinski definition) is 1. The molecule has 2 aromatic heterocycles. The fourth-order valence-corrected chi connectivity index (χ4v) is 4.58. The van der Waals surface area contributed by atoms with Crippen molar-refractivity contribution >= 4 is 6.03 Å². The summed E-state index contributed by atoms with van der Waals surface area (Å²) in [5, 5.41) is 3.17. The summed E-state index contributed by atoms with van der Waals surface area (Å²) in [6.07, 6.45) is 16.1. The Labute approximate surface area is 167 Å². The van der Waals surface area contributed by atoms with Crippen molar-refractivity contribution in [1.82, 2.24) is 24.8 Å². The first kappa shape index (κ1) is 19.0. The molecule has 0 radical (unpaired) electrons. The average Bonchev–Trinajstić information content (AvgIpc) is 3.21. The first-order valence-corrected chi connectivity index (χ1v) is 10.7. The summed E-state index contributed by atoms with van der Waals surface area (Å²) in [5.74, 6) is 2.22. The highest BCUT2D eigenvalue weighted by Gasteiger charge is 2.26. The topological polar surface area (TPSA) is 63.1 Å². The second-order valence-corrected chi connectivity index (χ2v) is 8.23. The molecule has 150 valence electrons. The van der Waals surface area contributed by atoms with Crippen LogP contribution in [-0.2, 0) is 6.54 Å². The quantitative estimate of drug-likeness (QED) is 0.857. The first-order valence-electron chi connectivity index (χ1n) is 10.7. The number of pyridine rings is 1. The van der Waals surface area contributed by atoms with E-state index in [9.17, 15) is 4.79 Å². The Balaban J connectivity index is 1.27. The molecule has 0 atom stereocenters. The van der Waals surface area contributed by atoms with E-state index in [2.05, 4.69) is 25.9 Å².